The second-order valence-electron chi connectivity index (χ2n) is 5.10. The highest BCUT2D eigenvalue weighted by atomic mass is 19.2. The van der Waals surface area contributed by atoms with Gasteiger partial charge in [0.25, 0.3) is 5.91 Å². The highest BCUT2D eigenvalue weighted by Crippen LogP contribution is 2.10. The second-order valence-corrected chi connectivity index (χ2v) is 5.10. The molecule has 1 heterocycles. The largest absolute Gasteiger partial charge is 0.271 e. The molecule has 0 aliphatic heterocycles. The predicted molar refractivity (Wildman–Crippen MR) is 84.2 cm³/mol. The van der Waals surface area contributed by atoms with Crippen molar-refractivity contribution in [3.05, 3.63) is 59.7 Å². The van der Waals surface area contributed by atoms with E-state index in [0.717, 1.165) is 17.6 Å². The molecule has 1 amide bonds. The molecule has 1 N–H and O–H groups in total. The molecule has 3 aromatic rings. The number of hydrogen-bond donors (Lipinski definition) is 1. The fourth-order valence-electron chi connectivity index (χ4n) is 2.14. The van der Waals surface area contributed by atoms with Crippen LogP contribution in [0, 0.1) is 11.6 Å². The minimum absolute atomic E-state index is 0.0604. The number of hydrogen-bond acceptors (Lipinski definition) is 4. The quantitative estimate of drug-likeness (QED) is 0.589. The summed E-state index contributed by atoms with van der Waals surface area (Å²) in [5.74, 6) is -2.32. The van der Waals surface area contributed by atoms with Crippen LogP contribution < -0.4 is 5.43 Å². The van der Waals surface area contributed by atoms with Gasteiger partial charge in [0.05, 0.1) is 11.2 Å². The Morgan fingerprint density at radius 3 is 2.79 bits per heavy atom. The SMILES string of the molecule is C/C(=N/NC(=O)Cn1nnc2ccccc21)c1ccc(F)c(F)c1. The maximum Gasteiger partial charge on any atom is 0.261 e. The van der Waals surface area contributed by atoms with Gasteiger partial charge in [0.15, 0.2) is 11.6 Å². The zero-order valence-corrected chi connectivity index (χ0v) is 12.7. The lowest BCUT2D eigenvalue weighted by molar-refractivity contribution is -0.121. The minimum atomic E-state index is -0.970. The van der Waals surface area contributed by atoms with Crippen molar-refractivity contribution in [2.24, 2.45) is 5.10 Å². The summed E-state index contributed by atoms with van der Waals surface area (Å²) >= 11 is 0. The van der Waals surface area contributed by atoms with Crippen LogP contribution in [0.5, 0.6) is 0 Å². The topological polar surface area (TPSA) is 72.2 Å². The number of carbonyl (C=O) groups is 1. The molecule has 0 aliphatic carbocycles. The van der Waals surface area contributed by atoms with E-state index >= 15 is 0 Å². The average molecular weight is 329 g/mol. The smallest absolute Gasteiger partial charge is 0.261 e. The molecule has 0 unspecified atom stereocenters. The maximum absolute atomic E-state index is 13.2. The molecule has 0 bridgehead atoms. The first-order valence-electron chi connectivity index (χ1n) is 7.11. The molecule has 3 rings (SSSR count). The normalized spacial score (nSPS) is 11.7. The number of halogens is 2. The first kappa shape index (κ1) is 15.7. The molecule has 0 spiro atoms. The van der Waals surface area contributed by atoms with Crippen molar-refractivity contribution >= 4 is 22.7 Å². The van der Waals surface area contributed by atoms with Crippen molar-refractivity contribution in [1.29, 1.82) is 0 Å². The summed E-state index contributed by atoms with van der Waals surface area (Å²) in [6.45, 7) is 1.52. The van der Waals surface area contributed by atoms with Crippen LogP contribution >= 0.6 is 0 Å². The van der Waals surface area contributed by atoms with Crippen LogP contribution in [0.3, 0.4) is 0 Å². The Labute approximate surface area is 135 Å². The Balaban J connectivity index is 1.69. The highest BCUT2D eigenvalue weighted by molar-refractivity contribution is 5.99. The molecule has 122 valence electrons. The van der Waals surface area contributed by atoms with Crippen LogP contribution in [0.15, 0.2) is 47.6 Å². The molecule has 2 aromatic carbocycles. The van der Waals surface area contributed by atoms with Gasteiger partial charge in [-0.2, -0.15) is 5.10 Å². The van der Waals surface area contributed by atoms with Crippen molar-refractivity contribution in [3.63, 3.8) is 0 Å². The summed E-state index contributed by atoms with van der Waals surface area (Å²) in [6.07, 6.45) is 0. The lowest BCUT2D eigenvalue weighted by atomic mass is 10.1. The van der Waals surface area contributed by atoms with Crippen molar-refractivity contribution in [3.8, 4) is 0 Å². The zero-order chi connectivity index (χ0) is 17.1. The Kier molecular flexibility index (Phi) is 4.28. The Bertz CT molecular complexity index is 935. The van der Waals surface area contributed by atoms with Gasteiger partial charge in [0.1, 0.15) is 12.1 Å². The van der Waals surface area contributed by atoms with E-state index in [9.17, 15) is 13.6 Å². The molecule has 0 radical (unpaired) electrons. The van der Waals surface area contributed by atoms with Gasteiger partial charge in [-0.05, 0) is 37.3 Å². The summed E-state index contributed by atoms with van der Waals surface area (Å²) in [4.78, 5) is 12.0. The summed E-state index contributed by atoms with van der Waals surface area (Å²) in [7, 11) is 0. The van der Waals surface area contributed by atoms with E-state index in [1.54, 1.807) is 19.1 Å². The number of fused-ring (bicyclic) bond motifs is 1. The molecule has 0 fully saturated rings. The minimum Gasteiger partial charge on any atom is -0.271 e. The van der Waals surface area contributed by atoms with Gasteiger partial charge in [-0.1, -0.05) is 17.3 Å². The van der Waals surface area contributed by atoms with E-state index in [2.05, 4.69) is 20.8 Å². The molecule has 24 heavy (non-hydrogen) atoms. The van der Waals surface area contributed by atoms with Crippen molar-refractivity contribution < 1.29 is 13.6 Å². The van der Waals surface area contributed by atoms with Crippen molar-refractivity contribution in [2.75, 3.05) is 0 Å². The summed E-state index contributed by atoms with van der Waals surface area (Å²) in [6, 6.07) is 10.7. The molecular formula is C16H13F2N5O. The molecule has 0 aliphatic rings. The number of amides is 1. The standard InChI is InChI=1S/C16H13F2N5O/c1-10(11-6-7-12(17)13(18)8-11)19-21-16(24)9-23-15-5-3-2-4-14(15)20-22-23/h2-8H,9H2,1H3,(H,21,24)/b19-10-. The average Bonchev–Trinajstić information content (AvgIpc) is 2.98. The number of hydrazone groups is 1. The molecule has 0 saturated carbocycles. The summed E-state index contributed by atoms with van der Waals surface area (Å²) in [5.41, 5.74) is 4.51. The van der Waals surface area contributed by atoms with Crippen LogP contribution in [0.25, 0.3) is 11.0 Å². The maximum atomic E-state index is 13.2. The van der Waals surface area contributed by atoms with Crippen LogP contribution in [0.2, 0.25) is 0 Å². The summed E-state index contributed by atoms with van der Waals surface area (Å²) < 4.78 is 27.6. The first-order chi connectivity index (χ1) is 11.5. The summed E-state index contributed by atoms with van der Waals surface area (Å²) in [5, 5.41) is 11.8. The highest BCUT2D eigenvalue weighted by Gasteiger charge is 2.09. The van der Waals surface area contributed by atoms with Crippen molar-refractivity contribution in [1.82, 2.24) is 20.4 Å². The third-order valence-electron chi connectivity index (χ3n) is 3.40. The number of rotatable bonds is 4. The lowest BCUT2D eigenvalue weighted by Crippen LogP contribution is -2.24. The van der Waals surface area contributed by atoms with E-state index in [1.165, 1.54) is 10.7 Å². The molecule has 0 atom stereocenters. The van der Waals surface area contributed by atoms with E-state index in [-0.39, 0.29) is 6.54 Å². The molecule has 6 nitrogen and oxygen atoms in total. The lowest BCUT2D eigenvalue weighted by Gasteiger charge is -2.04. The van der Waals surface area contributed by atoms with Gasteiger partial charge in [-0.3, -0.25) is 4.79 Å². The van der Waals surface area contributed by atoms with E-state index in [4.69, 9.17) is 0 Å². The van der Waals surface area contributed by atoms with E-state index < -0.39 is 17.5 Å². The third-order valence-corrected chi connectivity index (χ3v) is 3.40. The van der Waals surface area contributed by atoms with Crippen LogP contribution in [0.4, 0.5) is 8.78 Å². The molecule has 1 aromatic heterocycles. The first-order valence-corrected chi connectivity index (χ1v) is 7.11. The monoisotopic (exact) mass is 329 g/mol. The van der Waals surface area contributed by atoms with Gasteiger partial charge in [0.2, 0.25) is 0 Å². The fourth-order valence-corrected chi connectivity index (χ4v) is 2.14. The Morgan fingerprint density at radius 2 is 2.00 bits per heavy atom. The molecule has 8 heteroatoms. The van der Waals surface area contributed by atoms with Crippen LogP contribution in [0.1, 0.15) is 12.5 Å². The van der Waals surface area contributed by atoms with Gasteiger partial charge < -0.3 is 0 Å². The van der Waals surface area contributed by atoms with Crippen LogP contribution in [-0.2, 0) is 11.3 Å². The number of para-hydroxylation sites is 1. The van der Waals surface area contributed by atoms with E-state index in [0.29, 0.717) is 16.8 Å². The molecule has 0 saturated heterocycles. The Hall–Kier alpha value is -3.16. The van der Waals surface area contributed by atoms with E-state index in [1.807, 2.05) is 12.1 Å². The number of carbonyl (C=O) groups excluding carboxylic acids is 1. The Morgan fingerprint density at radius 1 is 1.21 bits per heavy atom. The zero-order valence-electron chi connectivity index (χ0n) is 12.7. The molecular weight excluding hydrogens is 316 g/mol. The fraction of sp³-hybridized carbons (Fsp3) is 0.125. The van der Waals surface area contributed by atoms with Gasteiger partial charge >= 0.3 is 0 Å². The van der Waals surface area contributed by atoms with Crippen molar-refractivity contribution in [2.45, 2.75) is 13.5 Å². The number of nitrogens with zero attached hydrogens (tertiary/aromatic N) is 4. The van der Waals surface area contributed by atoms with Crippen LogP contribution in [-0.4, -0.2) is 26.6 Å². The predicted octanol–water partition coefficient (Wildman–Crippen LogP) is 2.25. The van der Waals surface area contributed by atoms with Gasteiger partial charge in [0, 0.05) is 5.56 Å². The number of aromatic nitrogens is 3. The van der Waals surface area contributed by atoms with Gasteiger partial charge in [-0.15, -0.1) is 5.10 Å². The number of benzene rings is 2. The van der Waals surface area contributed by atoms with Gasteiger partial charge in [-0.25, -0.2) is 18.9 Å². The third kappa shape index (κ3) is 3.27. The second kappa shape index (κ2) is 6.53. The number of nitrogens with one attached hydrogen (secondary N) is 1.